The number of benzene rings is 1. The van der Waals surface area contributed by atoms with Crippen LogP contribution in [0.2, 0.25) is 0 Å². The summed E-state index contributed by atoms with van der Waals surface area (Å²) in [6.45, 7) is 10.3. The standard InChI is InChI=1S/C28H33N5O2S/c1-17-24(27(35)33(32(17)6)22-10-8-7-9-11-22)31-25(34)18(2)36-26-20(16-29)14-19-15-21(28(3,4)5)12-13-23(19)30-26/h7-11,14,18,21H,12-13,15H2,1-6H3,(H,31,34). The van der Waals surface area contributed by atoms with Crippen molar-refractivity contribution in [2.24, 2.45) is 18.4 Å². The first-order valence-electron chi connectivity index (χ1n) is 12.3. The molecular weight excluding hydrogens is 470 g/mol. The molecule has 0 radical (unpaired) electrons. The number of nitrogens with one attached hydrogen (secondary N) is 1. The molecule has 0 saturated heterocycles. The van der Waals surface area contributed by atoms with Crippen LogP contribution in [-0.2, 0) is 24.7 Å². The highest BCUT2D eigenvalue weighted by Gasteiger charge is 2.30. The summed E-state index contributed by atoms with van der Waals surface area (Å²) >= 11 is 1.26. The molecule has 1 aliphatic rings. The Kier molecular flexibility index (Phi) is 7.14. The number of nitriles is 1. The van der Waals surface area contributed by atoms with Crippen molar-refractivity contribution in [1.82, 2.24) is 14.3 Å². The summed E-state index contributed by atoms with van der Waals surface area (Å²) < 4.78 is 3.27. The summed E-state index contributed by atoms with van der Waals surface area (Å²) in [5.74, 6) is 0.248. The van der Waals surface area contributed by atoms with E-state index < -0.39 is 5.25 Å². The Morgan fingerprint density at radius 3 is 2.61 bits per heavy atom. The van der Waals surface area contributed by atoms with E-state index in [9.17, 15) is 14.9 Å². The van der Waals surface area contributed by atoms with Crippen LogP contribution < -0.4 is 10.9 Å². The maximum Gasteiger partial charge on any atom is 0.295 e. The maximum absolute atomic E-state index is 13.2. The third-order valence-corrected chi connectivity index (χ3v) is 8.26. The number of aryl methyl sites for hydroxylation is 1. The fourth-order valence-corrected chi connectivity index (χ4v) is 5.61. The number of hydrogen-bond acceptors (Lipinski definition) is 5. The monoisotopic (exact) mass is 503 g/mol. The molecule has 0 aliphatic heterocycles. The number of aromatic nitrogens is 3. The van der Waals surface area contributed by atoms with Gasteiger partial charge in [0.15, 0.2) is 0 Å². The van der Waals surface area contributed by atoms with Gasteiger partial charge in [-0.2, -0.15) is 5.26 Å². The van der Waals surface area contributed by atoms with Crippen LogP contribution in [0.1, 0.15) is 56.6 Å². The van der Waals surface area contributed by atoms with Gasteiger partial charge in [-0.3, -0.25) is 14.3 Å². The zero-order chi connectivity index (χ0) is 26.2. The van der Waals surface area contributed by atoms with Crippen molar-refractivity contribution in [3.8, 4) is 11.8 Å². The first kappa shape index (κ1) is 25.8. The van der Waals surface area contributed by atoms with E-state index in [-0.39, 0.29) is 22.6 Å². The first-order chi connectivity index (χ1) is 17.0. The third kappa shape index (κ3) is 4.98. The molecule has 188 valence electrons. The molecule has 0 fully saturated rings. The van der Waals surface area contributed by atoms with Crippen LogP contribution in [0.5, 0.6) is 0 Å². The van der Waals surface area contributed by atoms with Gasteiger partial charge >= 0.3 is 0 Å². The number of fused-ring (bicyclic) bond motifs is 1. The lowest BCUT2D eigenvalue weighted by atomic mass is 9.71. The summed E-state index contributed by atoms with van der Waals surface area (Å²) in [6, 6.07) is 13.5. The van der Waals surface area contributed by atoms with E-state index in [1.54, 1.807) is 25.6 Å². The fourth-order valence-electron chi connectivity index (χ4n) is 4.71. The minimum atomic E-state index is -0.544. The Hall–Kier alpha value is -3.31. The van der Waals surface area contributed by atoms with Crippen LogP contribution >= 0.6 is 11.8 Å². The quantitative estimate of drug-likeness (QED) is 0.494. The second-order valence-electron chi connectivity index (χ2n) is 10.6. The van der Waals surface area contributed by atoms with E-state index in [4.69, 9.17) is 4.98 Å². The van der Waals surface area contributed by atoms with Crippen LogP contribution in [0, 0.1) is 29.6 Å². The van der Waals surface area contributed by atoms with Gasteiger partial charge in [-0.05, 0) is 68.2 Å². The molecule has 2 heterocycles. The van der Waals surface area contributed by atoms with Crippen molar-refractivity contribution in [3.63, 3.8) is 0 Å². The molecule has 1 N–H and O–H groups in total. The molecule has 2 atom stereocenters. The minimum Gasteiger partial charge on any atom is -0.319 e. The Labute approximate surface area is 216 Å². The Balaban J connectivity index is 1.54. The smallest absolute Gasteiger partial charge is 0.295 e. The van der Waals surface area contributed by atoms with Crippen LogP contribution in [0.4, 0.5) is 5.69 Å². The Morgan fingerprint density at radius 1 is 1.28 bits per heavy atom. The highest BCUT2D eigenvalue weighted by atomic mass is 32.2. The van der Waals surface area contributed by atoms with Crippen molar-refractivity contribution < 1.29 is 4.79 Å². The van der Waals surface area contributed by atoms with Crippen molar-refractivity contribution in [2.45, 2.75) is 64.2 Å². The number of carbonyl (C=O) groups is 1. The van der Waals surface area contributed by atoms with Crippen LogP contribution in [-0.4, -0.2) is 25.5 Å². The van der Waals surface area contributed by atoms with Crippen LogP contribution in [0.15, 0.2) is 46.2 Å². The van der Waals surface area contributed by atoms with Gasteiger partial charge in [0, 0.05) is 12.7 Å². The molecule has 3 aromatic rings. The normalized spacial score (nSPS) is 16.2. The SMILES string of the molecule is Cc1c(NC(=O)C(C)Sc2nc3c(cc2C#N)CC(C(C)(C)C)CC3)c(=O)n(-c2ccccc2)n1C. The van der Waals surface area contributed by atoms with E-state index in [1.165, 1.54) is 16.4 Å². The van der Waals surface area contributed by atoms with E-state index in [0.717, 1.165) is 36.2 Å². The van der Waals surface area contributed by atoms with E-state index in [0.29, 0.717) is 22.2 Å². The molecule has 2 aromatic heterocycles. The van der Waals surface area contributed by atoms with Crippen molar-refractivity contribution in [3.05, 3.63) is 69.3 Å². The van der Waals surface area contributed by atoms with Crippen LogP contribution in [0.3, 0.4) is 0 Å². The van der Waals surface area contributed by atoms with Gasteiger partial charge in [0.05, 0.1) is 22.2 Å². The summed E-state index contributed by atoms with van der Waals surface area (Å²) in [5.41, 5.74) is 4.22. The maximum atomic E-state index is 13.2. The van der Waals surface area contributed by atoms with Crippen LogP contribution in [0.25, 0.3) is 5.69 Å². The molecule has 0 bridgehead atoms. The average Bonchev–Trinajstić information content (AvgIpc) is 3.06. The molecule has 1 amide bonds. The minimum absolute atomic E-state index is 0.208. The molecule has 8 heteroatoms. The average molecular weight is 504 g/mol. The van der Waals surface area contributed by atoms with Gasteiger partial charge in [0.1, 0.15) is 16.8 Å². The number of anilines is 1. The molecular formula is C28H33N5O2S. The molecule has 36 heavy (non-hydrogen) atoms. The van der Waals surface area contributed by atoms with Crippen molar-refractivity contribution >= 4 is 23.4 Å². The molecule has 2 unspecified atom stereocenters. The summed E-state index contributed by atoms with van der Waals surface area (Å²) in [5, 5.41) is 12.6. The zero-order valence-electron chi connectivity index (χ0n) is 21.8. The molecule has 4 rings (SSSR count). The molecule has 0 spiro atoms. The van der Waals surface area contributed by atoms with Gasteiger partial charge in [-0.25, -0.2) is 9.67 Å². The number of thioether (sulfide) groups is 1. The Bertz CT molecular complexity index is 1390. The zero-order valence-corrected chi connectivity index (χ0v) is 22.6. The second-order valence-corrected chi connectivity index (χ2v) is 11.9. The van der Waals surface area contributed by atoms with Gasteiger partial charge < -0.3 is 5.32 Å². The predicted molar refractivity (Wildman–Crippen MR) is 144 cm³/mol. The number of carbonyl (C=O) groups excluding carboxylic acids is 1. The number of rotatable bonds is 5. The summed E-state index contributed by atoms with van der Waals surface area (Å²) in [7, 11) is 1.79. The lowest BCUT2D eigenvalue weighted by Gasteiger charge is -2.34. The van der Waals surface area contributed by atoms with Gasteiger partial charge in [-0.1, -0.05) is 50.7 Å². The molecule has 1 aromatic carbocycles. The molecule has 0 saturated carbocycles. The highest BCUT2D eigenvalue weighted by molar-refractivity contribution is 8.00. The van der Waals surface area contributed by atoms with Crippen molar-refractivity contribution in [2.75, 3.05) is 5.32 Å². The summed E-state index contributed by atoms with van der Waals surface area (Å²) in [6.07, 6.45) is 2.86. The number of hydrogen-bond donors (Lipinski definition) is 1. The van der Waals surface area contributed by atoms with E-state index in [2.05, 4.69) is 32.2 Å². The molecule has 7 nitrogen and oxygen atoms in total. The second kappa shape index (κ2) is 9.98. The number of nitrogens with zero attached hydrogens (tertiary/aromatic N) is 4. The number of pyridine rings is 1. The van der Waals surface area contributed by atoms with Gasteiger partial charge in [-0.15, -0.1) is 0 Å². The van der Waals surface area contributed by atoms with E-state index >= 15 is 0 Å². The topological polar surface area (TPSA) is 92.7 Å². The summed E-state index contributed by atoms with van der Waals surface area (Å²) in [4.78, 5) is 31.1. The lowest BCUT2D eigenvalue weighted by Crippen LogP contribution is -2.28. The Morgan fingerprint density at radius 2 is 1.97 bits per heavy atom. The van der Waals surface area contributed by atoms with Gasteiger partial charge in [0.25, 0.3) is 5.56 Å². The third-order valence-electron chi connectivity index (χ3n) is 7.16. The number of para-hydroxylation sites is 1. The largest absolute Gasteiger partial charge is 0.319 e. The van der Waals surface area contributed by atoms with E-state index in [1.807, 2.05) is 36.4 Å². The fraction of sp³-hybridized carbons (Fsp3) is 0.429. The van der Waals surface area contributed by atoms with Crippen molar-refractivity contribution in [1.29, 1.82) is 5.26 Å². The first-order valence-corrected chi connectivity index (χ1v) is 13.1. The predicted octanol–water partition coefficient (Wildman–Crippen LogP) is 5.02. The molecule has 1 aliphatic carbocycles. The highest BCUT2D eigenvalue weighted by Crippen LogP contribution is 2.38. The number of amides is 1. The van der Waals surface area contributed by atoms with Gasteiger partial charge in [0.2, 0.25) is 5.91 Å². The lowest BCUT2D eigenvalue weighted by molar-refractivity contribution is -0.115.